The zero-order valence-electron chi connectivity index (χ0n) is 9.24. The Morgan fingerprint density at radius 1 is 1.53 bits per heavy atom. The molecule has 17 heavy (non-hydrogen) atoms. The van der Waals surface area contributed by atoms with E-state index < -0.39 is 17.9 Å². The van der Waals surface area contributed by atoms with Crippen molar-refractivity contribution in [1.29, 1.82) is 0 Å². The molecule has 1 aromatic carbocycles. The van der Waals surface area contributed by atoms with E-state index in [1.54, 1.807) is 19.1 Å². The largest absolute Gasteiger partial charge is 0.480 e. The molecular weight excluding hydrogens is 244 g/mol. The number of halogens is 1. The first-order valence-corrected chi connectivity index (χ1v) is 5.42. The summed E-state index contributed by atoms with van der Waals surface area (Å²) in [5.74, 6) is -1.62. The second-order valence-electron chi connectivity index (χ2n) is 3.47. The van der Waals surface area contributed by atoms with Crippen LogP contribution in [0.5, 0.6) is 0 Å². The van der Waals surface area contributed by atoms with Crippen molar-refractivity contribution in [3.63, 3.8) is 0 Å². The van der Waals surface area contributed by atoms with E-state index in [-0.39, 0.29) is 16.3 Å². The number of amides is 1. The minimum Gasteiger partial charge on any atom is -0.480 e. The molecule has 4 N–H and O–H groups in total. The number of benzene rings is 1. The van der Waals surface area contributed by atoms with Crippen molar-refractivity contribution in [2.45, 2.75) is 19.4 Å². The summed E-state index contributed by atoms with van der Waals surface area (Å²) in [6.07, 6.45) is 0.293. The van der Waals surface area contributed by atoms with Gasteiger partial charge in [-0.1, -0.05) is 24.6 Å². The fourth-order valence-electron chi connectivity index (χ4n) is 1.31. The second kappa shape index (κ2) is 5.54. The molecular formula is C11H13ClN2O3. The van der Waals surface area contributed by atoms with Crippen molar-refractivity contribution in [2.24, 2.45) is 0 Å². The maximum atomic E-state index is 11.8. The molecule has 1 atom stereocenters. The molecule has 5 nitrogen and oxygen atoms in total. The summed E-state index contributed by atoms with van der Waals surface area (Å²) in [6, 6.07) is 3.70. The third kappa shape index (κ3) is 3.10. The van der Waals surface area contributed by atoms with E-state index in [1.807, 2.05) is 0 Å². The number of carboxylic acid groups (broad SMARTS) is 1. The molecule has 0 spiro atoms. The van der Waals surface area contributed by atoms with Gasteiger partial charge in [-0.3, -0.25) is 4.79 Å². The molecule has 0 saturated carbocycles. The highest BCUT2D eigenvalue weighted by atomic mass is 35.5. The van der Waals surface area contributed by atoms with Crippen LogP contribution < -0.4 is 11.1 Å². The van der Waals surface area contributed by atoms with Crippen LogP contribution in [0.3, 0.4) is 0 Å². The van der Waals surface area contributed by atoms with Crippen LogP contribution in [-0.2, 0) is 4.79 Å². The summed E-state index contributed by atoms with van der Waals surface area (Å²) < 4.78 is 0. The average Bonchev–Trinajstić information content (AvgIpc) is 2.28. The van der Waals surface area contributed by atoms with Crippen molar-refractivity contribution in [2.75, 3.05) is 5.73 Å². The fraction of sp³-hybridized carbons (Fsp3) is 0.273. The Bertz CT molecular complexity index is 448. The van der Waals surface area contributed by atoms with Gasteiger partial charge in [-0.05, 0) is 18.6 Å². The van der Waals surface area contributed by atoms with Gasteiger partial charge in [-0.2, -0.15) is 0 Å². The Morgan fingerprint density at radius 2 is 2.18 bits per heavy atom. The summed E-state index contributed by atoms with van der Waals surface area (Å²) in [4.78, 5) is 22.6. The van der Waals surface area contributed by atoms with Crippen LogP contribution in [0, 0.1) is 0 Å². The maximum absolute atomic E-state index is 11.8. The molecule has 1 rings (SSSR count). The lowest BCUT2D eigenvalue weighted by atomic mass is 10.1. The standard InChI is InChI=1S/C11H13ClN2O3/c1-2-8(11(16)17)14-10(15)6-4-3-5-7(12)9(6)13/h3-5,8H,2,13H2,1H3,(H,14,15)(H,16,17). The number of rotatable bonds is 4. The normalized spacial score (nSPS) is 11.9. The average molecular weight is 257 g/mol. The molecule has 0 saturated heterocycles. The molecule has 0 aliphatic heterocycles. The Morgan fingerprint density at radius 3 is 2.71 bits per heavy atom. The molecule has 1 aromatic rings. The van der Waals surface area contributed by atoms with Gasteiger partial charge in [-0.25, -0.2) is 4.79 Å². The van der Waals surface area contributed by atoms with Crippen LogP contribution in [0.1, 0.15) is 23.7 Å². The SMILES string of the molecule is CCC(NC(=O)c1cccc(Cl)c1N)C(=O)O. The number of carboxylic acids is 1. The van der Waals surface area contributed by atoms with Gasteiger partial charge in [0, 0.05) is 0 Å². The van der Waals surface area contributed by atoms with Gasteiger partial charge in [-0.15, -0.1) is 0 Å². The Labute approximate surface area is 104 Å². The lowest BCUT2D eigenvalue weighted by Gasteiger charge is -2.13. The van der Waals surface area contributed by atoms with Gasteiger partial charge in [0.1, 0.15) is 6.04 Å². The quantitative estimate of drug-likeness (QED) is 0.712. The topological polar surface area (TPSA) is 92.4 Å². The number of nitrogens with two attached hydrogens (primary N) is 1. The van der Waals surface area contributed by atoms with E-state index in [0.717, 1.165) is 0 Å². The molecule has 6 heteroatoms. The number of nitrogen functional groups attached to an aromatic ring is 1. The van der Waals surface area contributed by atoms with Gasteiger partial charge in [0.25, 0.3) is 5.91 Å². The second-order valence-corrected chi connectivity index (χ2v) is 3.88. The summed E-state index contributed by atoms with van der Waals surface area (Å²) in [6.45, 7) is 1.67. The number of aliphatic carboxylic acids is 1. The highest BCUT2D eigenvalue weighted by Gasteiger charge is 2.20. The van der Waals surface area contributed by atoms with Crippen molar-refractivity contribution in [3.8, 4) is 0 Å². The van der Waals surface area contributed by atoms with Gasteiger partial charge in [0.2, 0.25) is 0 Å². The van der Waals surface area contributed by atoms with Crippen molar-refractivity contribution in [1.82, 2.24) is 5.32 Å². The molecule has 0 aliphatic carbocycles. The third-order valence-corrected chi connectivity index (χ3v) is 2.64. The van der Waals surface area contributed by atoms with Crippen LogP contribution in [0.4, 0.5) is 5.69 Å². The predicted octanol–water partition coefficient (Wildman–Crippen LogP) is 1.52. The summed E-state index contributed by atoms with van der Waals surface area (Å²) >= 11 is 5.77. The fourth-order valence-corrected chi connectivity index (χ4v) is 1.48. The van der Waals surface area contributed by atoms with Crippen LogP contribution in [0.25, 0.3) is 0 Å². The molecule has 0 aliphatic rings. The molecule has 0 aromatic heterocycles. The van der Waals surface area contributed by atoms with E-state index in [4.69, 9.17) is 22.4 Å². The van der Waals surface area contributed by atoms with E-state index in [0.29, 0.717) is 6.42 Å². The number of para-hydroxylation sites is 1. The minimum absolute atomic E-state index is 0.145. The minimum atomic E-state index is -1.08. The first-order chi connectivity index (χ1) is 7.97. The van der Waals surface area contributed by atoms with Crippen LogP contribution >= 0.6 is 11.6 Å². The maximum Gasteiger partial charge on any atom is 0.326 e. The summed E-state index contributed by atoms with van der Waals surface area (Å²) in [5.41, 5.74) is 5.96. The monoisotopic (exact) mass is 256 g/mol. The first-order valence-electron chi connectivity index (χ1n) is 5.05. The third-order valence-electron chi connectivity index (χ3n) is 2.31. The Hall–Kier alpha value is -1.75. The highest BCUT2D eigenvalue weighted by molar-refractivity contribution is 6.33. The van der Waals surface area contributed by atoms with E-state index in [9.17, 15) is 9.59 Å². The highest BCUT2D eigenvalue weighted by Crippen LogP contribution is 2.22. The number of carbonyl (C=O) groups is 2. The molecule has 1 amide bonds. The zero-order valence-corrected chi connectivity index (χ0v) is 9.99. The summed E-state index contributed by atoms with van der Waals surface area (Å²) in [7, 11) is 0. The van der Waals surface area contributed by atoms with Crippen molar-refractivity contribution in [3.05, 3.63) is 28.8 Å². The Kier molecular flexibility index (Phi) is 4.34. The molecule has 1 unspecified atom stereocenters. The number of hydrogen-bond acceptors (Lipinski definition) is 3. The number of nitrogens with one attached hydrogen (secondary N) is 1. The lowest BCUT2D eigenvalue weighted by Crippen LogP contribution is -2.40. The molecule has 92 valence electrons. The van der Waals surface area contributed by atoms with Crippen LogP contribution in [0.2, 0.25) is 5.02 Å². The number of hydrogen-bond donors (Lipinski definition) is 3. The molecule has 0 radical (unpaired) electrons. The number of anilines is 1. The predicted molar refractivity (Wildman–Crippen MR) is 65.0 cm³/mol. The number of carbonyl (C=O) groups excluding carboxylic acids is 1. The van der Waals surface area contributed by atoms with Crippen molar-refractivity contribution >= 4 is 29.2 Å². The van der Waals surface area contributed by atoms with Crippen LogP contribution in [-0.4, -0.2) is 23.0 Å². The van der Waals surface area contributed by atoms with E-state index >= 15 is 0 Å². The Balaban J connectivity index is 2.90. The lowest BCUT2D eigenvalue weighted by molar-refractivity contribution is -0.139. The van der Waals surface area contributed by atoms with Gasteiger partial charge in [0.15, 0.2) is 0 Å². The van der Waals surface area contributed by atoms with Gasteiger partial charge < -0.3 is 16.2 Å². The van der Waals surface area contributed by atoms with Gasteiger partial charge >= 0.3 is 5.97 Å². The molecule has 0 fully saturated rings. The van der Waals surface area contributed by atoms with Crippen molar-refractivity contribution < 1.29 is 14.7 Å². The van der Waals surface area contributed by atoms with Crippen LogP contribution in [0.15, 0.2) is 18.2 Å². The van der Waals surface area contributed by atoms with E-state index in [2.05, 4.69) is 5.32 Å². The van der Waals surface area contributed by atoms with E-state index in [1.165, 1.54) is 6.07 Å². The molecule has 0 bridgehead atoms. The zero-order chi connectivity index (χ0) is 13.0. The smallest absolute Gasteiger partial charge is 0.326 e. The van der Waals surface area contributed by atoms with Gasteiger partial charge in [0.05, 0.1) is 16.3 Å². The summed E-state index contributed by atoms with van der Waals surface area (Å²) in [5, 5.41) is 11.5. The molecule has 0 heterocycles. The first kappa shape index (κ1) is 13.3.